The van der Waals surface area contributed by atoms with Gasteiger partial charge < -0.3 is 10.0 Å². The van der Waals surface area contributed by atoms with E-state index in [1.54, 1.807) is 0 Å². The number of phenols is 1. The van der Waals surface area contributed by atoms with Crippen molar-refractivity contribution in [2.24, 2.45) is 7.05 Å². The second-order valence-electron chi connectivity index (χ2n) is 9.86. The lowest BCUT2D eigenvalue weighted by molar-refractivity contribution is -0.140. The van der Waals surface area contributed by atoms with Crippen LogP contribution in [0, 0.1) is 11.6 Å². The van der Waals surface area contributed by atoms with E-state index in [1.807, 2.05) is 35.2 Å². The predicted octanol–water partition coefficient (Wildman–Crippen LogP) is 4.46. The third-order valence-electron chi connectivity index (χ3n) is 7.03. The molecule has 2 aromatic carbocycles. The Balaban J connectivity index is 1.61. The second kappa shape index (κ2) is 10.5. The highest BCUT2D eigenvalue weighted by atomic mass is 32.2. The van der Waals surface area contributed by atoms with Gasteiger partial charge in [-0.1, -0.05) is 30.3 Å². The third-order valence-corrected chi connectivity index (χ3v) is 8.30. The van der Waals surface area contributed by atoms with E-state index in [0.29, 0.717) is 25.9 Å². The minimum atomic E-state index is -5.20. The van der Waals surface area contributed by atoms with Gasteiger partial charge in [0.05, 0.1) is 17.2 Å². The lowest BCUT2D eigenvalue weighted by Gasteiger charge is -2.38. The number of hydrogen-bond donors (Lipinski definition) is 1. The summed E-state index contributed by atoms with van der Waals surface area (Å²) in [5.74, 6) is -5.29. The molecule has 1 aliphatic rings. The van der Waals surface area contributed by atoms with Crippen LogP contribution in [0.3, 0.4) is 0 Å². The fourth-order valence-corrected chi connectivity index (χ4v) is 5.89. The fraction of sp³-hybridized carbons (Fsp3) is 0.346. The van der Waals surface area contributed by atoms with Crippen molar-refractivity contribution in [3.63, 3.8) is 0 Å². The molecular formula is C26H25F5N6O3S. The number of halogens is 5. The Labute approximate surface area is 231 Å². The molecule has 41 heavy (non-hydrogen) atoms. The summed E-state index contributed by atoms with van der Waals surface area (Å²) >= 11 is 0. The molecule has 1 aliphatic heterocycles. The maximum absolute atomic E-state index is 14.9. The topological polar surface area (TPSA) is 104 Å². The van der Waals surface area contributed by atoms with Crippen molar-refractivity contribution in [1.82, 2.24) is 24.1 Å². The molecule has 1 fully saturated rings. The molecule has 0 aliphatic carbocycles. The van der Waals surface area contributed by atoms with Gasteiger partial charge in [0.25, 0.3) is 0 Å². The summed E-state index contributed by atoms with van der Waals surface area (Å²) in [6, 6.07) is 9.32. The van der Waals surface area contributed by atoms with Crippen molar-refractivity contribution in [2.45, 2.75) is 31.6 Å². The molecular weight excluding hydrogens is 571 g/mol. The number of hydrogen-bond acceptors (Lipinski definition) is 7. The molecule has 3 heterocycles. The Hall–Kier alpha value is -3.85. The van der Waals surface area contributed by atoms with Gasteiger partial charge in [0.1, 0.15) is 5.69 Å². The normalized spacial score (nSPS) is 16.8. The van der Waals surface area contributed by atoms with Gasteiger partial charge in [-0.3, -0.25) is 0 Å². The van der Waals surface area contributed by atoms with Crippen LogP contribution in [0.15, 0.2) is 42.6 Å². The first-order valence-corrected chi connectivity index (χ1v) is 14.3. The summed E-state index contributed by atoms with van der Waals surface area (Å²) in [6.45, 7) is 0.911. The zero-order chi connectivity index (χ0) is 29.7. The van der Waals surface area contributed by atoms with Crippen molar-refractivity contribution in [2.75, 3.05) is 24.2 Å². The number of aryl methyl sites for hydroxylation is 1. The summed E-state index contributed by atoms with van der Waals surface area (Å²) in [6.07, 6.45) is -1.53. The first-order valence-electron chi connectivity index (χ1n) is 12.5. The van der Waals surface area contributed by atoms with Crippen molar-refractivity contribution < 1.29 is 35.5 Å². The van der Waals surface area contributed by atoms with Crippen LogP contribution in [-0.2, 0) is 29.8 Å². The number of sulfonamides is 1. The average Bonchev–Trinajstić information content (AvgIpc) is 3.25. The van der Waals surface area contributed by atoms with E-state index in [9.17, 15) is 35.5 Å². The maximum atomic E-state index is 14.9. The summed E-state index contributed by atoms with van der Waals surface area (Å²) in [4.78, 5) is 10.9. The number of piperidine rings is 1. The second-order valence-corrected chi connectivity index (χ2v) is 11.8. The minimum absolute atomic E-state index is 0.0651. The molecule has 15 heteroatoms. The van der Waals surface area contributed by atoms with Crippen molar-refractivity contribution in [1.29, 1.82) is 0 Å². The number of anilines is 1. The van der Waals surface area contributed by atoms with Gasteiger partial charge in [0, 0.05) is 44.5 Å². The molecule has 4 aromatic rings. The van der Waals surface area contributed by atoms with E-state index in [4.69, 9.17) is 0 Å². The van der Waals surface area contributed by atoms with Crippen molar-refractivity contribution in [3.05, 3.63) is 65.4 Å². The summed E-state index contributed by atoms with van der Waals surface area (Å²) in [5, 5.41) is 14.0. The van der Waals surface area contributed by atoms with E-state index in [0.717, 1.165) is 11.8 Å². The van der Waals surface area contributed by atoms with Crippen molar-refractivity contribution >= 4 is 27.0 Å². The van der Waals surface area contributed by atoms with Crippen LogP contribution in [0.5, 0.6) is 5.75 Å². The smallest absolute Gasteiger partial charge is 0.419 e. The summed E-state index contributed by atoms with van der Waals surface area (Å²) in [7, 11) is -2.01. The molecule has 0 bridgehead atoms. The van der Waals surface area contributed by atoms with E-state index >= 15 is 0 Å². The fourth-order valence-electron chi connectivity index (χ4n) is 4.99. The monoisotopic (exact) mass is 596 g/mol. The first-order chi connectivity index (χ1) is 19.3. The van der Waals surface area contributed by atoms with E-state index in [-0.39, 0.29) is 41.3 Å². The van der Waals surface area contributed by atoms with E-state index in [1.165, 1.54) is 22.2 Å². The van der Waals surface area contributed by atoms with E-state index in [2.05, 4.69) is 15.1 Å². The number of phenolic OH excluding ortho intramolecular Hbond substituents is 1. The lowest BCUT2D eigenvalue weighted by Crippen LogP contribution is -2.50. The average molecular weight is 597 g/mol. The Morgan fingerprint density at radius 3 is 2.51 bits per heavy atom. The highest BCUT2D eigenvalue weighted by Crippen LogP contribution is 2.41. The highest BCUT2D eigenvalue weighted by molar-refractivity contribution is 7.88. The van der Waals surface area contributed by atoms with Gasteiger partial charge in [0.2, 0.25) is 16.0 Å². The highest BCUT2D eigenvalue weighted by Gasteiger charge is 2.38. The number of benzene rings is 2. The molecule has 5 rings (SSSR count). The van der Waals surface area contributed by atoms with Crippen LogP contribution in [-0.4, -0.2) is 63.0 Å². The number of aromatic nitrogens is 4. The van der Waals surface area contributed by atoms with Gasteiger partial charge in [0.15, 0.2) is 23.0 Å². The molecule has 0 saturated carbocycles. The third kappa shape index (κ3) is 5.55. The lowest BCUT2D eigenvalue weighted by atomic mass is 10.0. The molecule has 9 nitrogen and oxygen atoms in total. The van der Waals surface area contributed by atoms with Gasteiger partial charge in [-0.2, -0.15) is 23.3 Å². The van der Waals surface area contributed by atoms with Crippen LogP contribution in [0.25, 0.3) is 22.3 Å². The first kappa shape index (κ1) is 28.7. The molecule has 1 atom stereocenters. The maximum Gasteiger partial charge on any atom is 0.419 e. The number of aromatic hydroxyl groups is 1. The van der Waals surface area contributed by atoms with Crippen LogP contribution in [0.2, 0.25) is 0 Å². The van der Waals surface area contributed by atoms with E-state index < -0.39 is 44.7 Å². The van der Waals surface area contributed by atoms with Crippen LogP contribution in [0.1, 0.15) is 24.0 Å². The standard InChI is InChI=1S/C26H25F5N6O3S/c1-35-24-18(22(34-35)17-11-19(26(29,30)31)21(28)23(38)20(17)27)12-32-25(33-24)37(13-15-7-4-3-5-8-15)16-9-6-10-36(14-16)41(2,39)40/h3-5,7-8,11-12,16,38H,6,9-10,13-14H2,1-2H3. The van der Waals surface area contributed by atoms with Crippen LogP contribution >= 0.6 is 0 Å². The Morgan fingerprint density at radius 1 is 1.15 bits per heavy atom. The number of fused-ring (bicyclic) bond motifs is 1. The van der Waals surface area contributed by atoms with Crippen LogP contribution in [0.4, 0.5) is 27.9 Å². The molecule has 0 spiro atoms. The predicted molar refractivity (Wildman–Crippen MR) is 140 cm³/mol. The summed E-state index contributed by atoms with van der Waals surface area (Å²) < 4.78 is 96.3. The molecule has 1 saturated heterocycles. The van der Waals surface area contributed by atoms with Crippen LogP contribution < -0.4 is 4.90 Å². The SMILES string of the molecule is Cn1nc(-c2cc(C(F)(F)F)c(F)c(O)c2F)c2cnc(N(Cc3ccccc3)C3CCCN(S(C)(=O)=O)C3)nc21. The van der Waals surface area contributed by atoms with Gasteiger partial charge in [-0.15, -0.1) is 0 Å². The quantitative estimate of drug-likeness (QED) is 0.328. The molecule has 1 N–H and O–H groups in total. The molecule has 0 amide bonds. The Kier molecular flexibility index (Phi) is 7.36. The summed E-state index contributed by atoms with van der Waals surface area (Å²) in [5.41, 5.74) is -1.89. The Morgan fingerprint density at radius 2 is 1.85 bits per heavy atom. The molecule has 1 unspecified atom stereocenters. The Bertz CT molecular complexity index is 1710. The number of nitrogens with zero attached hydrogens (tertiary/aromatic N) is 6. The zero-order valence-corrected chi connectivity index (χ0v) is 22.7. The van der Waals surface area contributed by atoms with Gasteiger partial charge in [-0.05, 0) is 24.5 Å². The largest absolute Gasteiger partial charge is 0.503 e. The molecule has 218 valence electrons. The molecule has 0 radical (unpaired) electrons. The van der Waals surface area contributed by atoms with Crippen molar-refractivity contribution in [3.8, 4) is 17.0 Å². The van der Waals surface area contributed by atoms with Gasteiger partial charge in [-0.25, -0.2) is 31.2 Å². The van der Waals surface area contributed by atoms with Gasteiger partial charge >= 0.3 is 6.18 Å². The minimum Gasteiger partial charge on any atom is -0.503 e. The number of rotatable bonds is 6. The molecule has 2 aromatic heterocycles. The number of alkyl halides is 3. The zero-order valence-electron chi connectivity index (χ0n) is 21.9.